The number of nitrogens with one attached hydrogen (secondary N) is 1. The molecule has 2 aromatic carbocycles. The van der Waals surface area contributed by atoms with E-state index in [0.717, 1.165) is 27.9 Å². The fourth-order valence-corrected chi connectivity index (χ4v) is 3.86. The number of hydrogen-bond acceptors (Lipinski definition) is 4. The zero-order valence-corrected chi connectivity index (χ0v) is 17.9. The third kappa shape index (κ3) is 3.70. The zero-order valence-electron chi connectivity index (χ0n) is 17.2. The topological polar surface area (TPSA) is 60.5 Å². The highest BCUT2D eigenvalue weighted by Gasteiger charge is 2.26. The molecule has 0 saturated carbocycles. The standard InChI is InChI=1S/C23H24ClNO4/c1-6-15-20(16-11-10-14(27-3)12-17(16)24)22(13(2)26)25-23(15)21-18(28-4)8-7-9-19(21)29-5/h7-12,25H,6H2,1-5H3. The Labute approximate surface area is 175 Å². The van der Waals surface area contributed by atoms with E-state index in [9.17, 15) is 4.79 Å². The van der Waals surface area contributed by atoms with Crippen molar-refractivity contribution in [2.45, 2.75) is 20.3 Å². The van der Waals surface area contributed by atoms with Gasteiger partial charge in [-0.15, -0.1) is 0 Å². The molecule has 0 saturated heterocycles. The van der Waals surface area contributed by atoms with Crippen LogP contribution < -0.4 is 14.2 Å². The Balaban J connectivity index is 2.37. The number of hydrogen-bond donors (Lipinski definition) is 1. The predicted molar refractivity (Wildman–Crippen MR) is 116 cm³/mol. The Bertz CT molecular complexity index is 1030. The number of aromatic nitrogens is 1. The normalized spacial score (nSPS) is 10.7. The van der Waals surface area contributed by atoms with Gasteiger partial charge in [-0.25, -0.2) is 0 Å². The molecule has 0 amide bonds. The molecule has 0 unspecified atom stereocenters. The molecule has 5 nitrogen and oxygen atoms in total. The molecular formula is C23H24ClNO4. The average Bonchev–Trinajstić information content (AvgIpc) is 3.11. The summed E-state index contributed by atoms with van der Waals surface area (Å²) in [5, 5.41) is 0.513. The number of H-pyrrole nitrogens is 1. The van der Waals surface area contributed by atoms with Crippen LogP contribution in [0.3, 0.4) is 0 Å². The van der Waals surface area contributed by atoms with Gasteiger partial charge in [0.2, 0.25) is 0 Å². The van der Waals surface area contributed by atoms with Crippen molar-refractivity contribution in [1.29, 1.82) is 0 Å². The van der Waals surface area contributed by atoms with Crippen LogP contribution in [0.4, 0.5) is 0 Å². The Morgan fingerprint density at radius 1 is 1.00 bits per heavy atom. The van der Waals surface area contributed by atoms with Crippen LogP contribution in [0.15, 0.2) is 36.4 Å². The molecule has 0 aliphatic rings. The lowest BCUT2D eigenvalue weighted by molar-refractivity contribution is 0.101. The van der Waals surface area contributed by atoms with Crippen molar-refractivity contribution in [3.8, 4) is 39.6 Å². The lowest BCUT2D eigenvalue weighted by Crippen LogP contribution is -1.97. The van der Waals surface area contributed by atoms with Crippen molar-refractivity contribution in [3.63, 3.8) is 0 Å². The molecule has 0 aliphatic carbocycles. The molecule has 0 atom stereocenters. The summed E-state index contributed by atoms with van der Waals surface area (Å²) in [5.74, 6) is 1.88. The van der Waals surface area contributed by atoms with E-state index in [0.29, 0.717) is 34.4 Å². The van der Waals surface area contributed by atoms with Crippen molar-refractivity contribution in [2.24, 2.45) is 0 Å². The van der Waals surface area contributed by atoms with Gasteiger partial charge in [0, 0.05) is 18.1 Å². The van der Waals surface area contributed by atoms with Crippen LogP contribution in [0.25, 0.3) is 22.4 Å². The summed E-state index contributed by atoms with van der Waals surface area (Å²) >= 11 is 6.57. The molecule has 1 N–H and O–H groups in total. The second-order valence-corrected chi connectivity index (χ2v) is 6.93. The predicted octanol–water partition coefficient (Wildman–Crippen LogP) is 5.79. The highest BCUT2D eigenvalue weighted by molar-refractivity contribution is 6.33. The molecule has 0 spiro atoms. The SMILES string of the molecule is CCc1c(-c2c(OC)cccc2OC)[nH]c(C(C)=O)c1-c1ccc(OC)cc1Cl. The minimum Gasteiger partial charge on any atom is -0.497 e. The van der Waals surface area contributed by atoms with Gasteiger partial charge in [0.15, 0.2) is 5.78 Å². The number of rotatable bonds is 7. The van der Waals surface area contributed by atoms with E-state index >= 15 is 0 Å². The van der Waals surface area contributed by atoms with Gasteiger partial charge in [-0.2, -0.15) is 0 Å². The Hall–Kier alpha value is -2.92. The summed E-state index contributed by atoms with van der Waals surface area (Å²) in [4.78, 5) is 15.9. The first-order valence-electron chi connectivity index (χ1n) is 9.27. The van der Waals surface area contributed by atoms with Gasteiger partial charge in [-0.1, -0.05) is 24.6 Å². The molecule has 152 valence electrons. The molecule has 3 aromatic rings. The Morgan fingerprint density at radius 2 is 1.66 bits per heavy atom. The highest BCUT2D eigenvalue weighted by Crippen LogP contribution is 2.45. The zero-order chi connectivity index (χ0) is 21.1. The minimum atomic E-state index is -0.0818. The number of Topliss-reactive ketones (excluding diaryl/α,β-unsaturated/α-hetero) is 1. The van der Waals surface area contributed by atoms with Gasteiger partial charge in [-0.05, 0) is 42.3 Å². The number of methoxy groups -OCH3 is 3. The fourth-order valence-electron chi connectivity index (χ4n) is 3.59. The first-order valence-corrected chi connectivity index (χ1v) is 9.65. The van der Waals surface area contributed by atoms with E-state index in [1.807, 2.05) is 37.3 Å². The molecule has 0 radical (unpaired) electrons. The number of ketones is 1. The number of carbonyl (C=O) groups excluding carboxylic acids is 1. The third-order valence-electron chi connectivity index (χ3n) is 4.93. The maximum absolute atomic E-state index is 12.5. The van der Waals surface area contributed by atoms with Crippen LogP contribution in [-0.4, -0.2) is 32.1 Å². The van der Waals surface area contributed by atoms with Crippen LogP contribution in [0.5, 0.6) is 17.2 Å². The maximum Gasteiger partial charge on any atom is 0.176 e. The number of carbonyl (C=O) groups is 1. The molecule has 1 heterocycles. The first-order chi connectivity index (χ1) is 14.0. The molecular weight excluding hydrogens is 390 g/mol. The van der Waals surface area contributed by atoms with Crippen LogP contribution in [0.2, 0.25) is 5.02 Å². The fraction of sp³-hybridized carbons (Fsp3) is 0.261. The number of benzene rings is 2. The number of ether oxygens (including phenoxy) is 3. The van der Waals surface area contributed by atoms with Gasteiger partial charge in [-0.3, -0.25) is 4.79 Å². The maximum atomic E-state index is 12.5. The third-order valence-corrected chi connectivity index (χ3v) is 5.25. The quantitative estimate of drug-likeness (QED) is 0.498. The largest absolute Gasteiger partial charge is 0.497 e. The second kappa shape index (κ2) is 8.62. The average molecular weight is 414 g/mol. The van der Waals surface area contributed by atoms with Gasteiger partial charge in [0.05, 0.1) is 43.3 Å². The molecule has 3 rings (SSSR count). The van der Waals surface area contributed by atoms with Crippen molar-refractivity contribution in [3.05, 3.63) is 52.7 Å². The lowest BCUT2D eigenvalue weighted by Gasteiger charge is -2.14. The van der Waals surface area contributed by atoms with E-state index in [1.165, 1.54) is 6.92 Å². The van der Waals surface area contributed by atoms with Gasteiger partial charge < -0.3 is 19.2 Å². The molecule has 0 fully saturated rings. The van der Waals surface area contributed by atoms with E-state index in [4.69, 9.17) is 25.8 Å². The van der Waals surface area contributed by atoms with Crippen molar-refractivity contribution in [2.75, 3.05) is 21.3 Å². The van der Waals surface area contributed by atoms with Crippen LogP contribution in [-0.2, 0) is 6.42 Å². The minimum absolute atomic E-state index is 0.0818. The van der Waals surface area contributed by atoms with Gasteiger partial charge in [0.25, 0.3) is 0 Å². The summed E-state index contributed by atoms with van der Waals surface area (Å²) in [6.45, 7) is 3.58. The van der Waals surface area contributed by atoms with Crippen LogP contribution >= 0.6 is 11.6 Å². The number of aromatic amines is 1. The summed E-state index contributed by atoms with van der Waals surface area (Å²) in [6.07, 6.45) is 0.679. The van der Waals surface area contributed by atoms with Crippen LogP contribution in [0.1, 0.15) is 29.9 Å². The van der Waals surface area contributed by atoms with Gasteiger partial charge >= 0.3 is 0 Å². The van der Waals surface area contributed by atoms with Crippen molar-refractivity contribution >= 4 is 17.4 Å². The van der Waals surface area contributed by atoms with E-state index in [2.05, 4.69) is 4.98 Å². The van der Waals surface area contributed by atoms with E-state index in [-0.39, 0.29) is 5.78 Å². The van der Waals surface area contributed by atoms with E-state index < -0.39 is 0 Å². The van der Waals surface area contributed by atoms with Crippen LogP contribution in [0, 0.1) is 0 Å². The monoisotopic (exact) mass is 413 g/mol. The molecule has 0 bridgehead atoms. The summed E-state index contributed by atoms with van der Waals surface area (Å²) in [5.41, 5.74) is 4.57. The smallest absolute Gasteiger partial charge is 0.176 e. The molecule has 1 aromatic heterocycles. The molecule has 0 aliphatic heterocycles. The van der Waals surface area contributed by atoms with Gasteiger partial charge in [0.1, 0.15) is 17.2 Å². The van der Waals surface area contributed by atoms with E-state index in [1.54, 1.807) is 27.4 Å². The lowest BCUT2D eigenvalue weighted by atomic mass is 9.94. The number of halogens is 1. The second-order valence-electron chi connectivity index (χ2n) is 6.52. The summed E-state index contributed by atoms with van der Waals surface area (Å²) in [6, 6.07) is 11.1. The molecule has 29 heavy (non-hydrogen) atoms. The van der Waals surface area contributed by atoms with Crippen molar-refractivity contribution < 1.29 is 19.0 Å². The Morgan fingerprint density at radius 3 is 2.14 bits per heavy atom. The van der Waals surface area contributed by atoms with Crippen molar-refractivity contribution in [1.82, 2.24) is 4.98 Å². The Kier molecular flexibility index (Phi) is 6.18. The first kappa shape index (κ1) is 20.8. The summed E-state index contributed by atoms with van der Waals surface area (Å²) < 4.78 is 16.4. The molecule has 6 heteroatoms. The highest BCUT2D eigenvalue weighted by atomic mass is 35.5. The summed E-state index contributed by atoms with van der Waals surface area (Å²) in [7, 11) is 4.81.